The molecule has 0 radical (unpaired) electrons. The van der Waals surface area contributed by atoms with E-state index >= 15 is 0 Å². The van der Waals surface area contributed by atoms with E-state index in [1.807, 2.05) is 6.92 Å². The number of H-pyrrole nitrogens is 1. The van der Waals surface area contributed by atoms with Crippen molar-refractivity contribution >= 4 is 15.7 Å². The van der Waals surface area contributed by atoms with E-state index in [1.165, 1.54) is 18.5 Å². The molecule has 0 aliphatic carbocycles. The van der Waals surface area contributed by atoms with Crippen molar-refractivity contribution in [2.24, 2.45) is 0 Å². The Morgan fingerprint density at radius 2 is 2.19 bits per heavy atom. The normalized spacial score (nSPS) is 11.3. The molecule has 0 saturated carbocycles. The van der Waals surface area contributed by atoms with Crippen LogP contribution in [0.15, 0.2) is 35.5 Å². The molecule has 0 atom stereocenters. The van der Waals surface area contributed by atoms with Crippen molar-refractivity contribution in [1.29, 1.82) is 0 Å². The fourth-order valence-electron chi connectivity index (χ4n) is 1.84. The van der Waals surface area contributed by atoms with Crippen LogP contribution < -0.4 is 14.8 Å². The molecule has 1 aromatic heterocycles. The third-order valence-corrected chi connectivity index (χ3v) is 4.26. The molecule has 2 rings (SSSR count). The average Bonchev–Trinajstić information content (AvgIpc) is 2.96. The van der Waals surface area contributed by atoms with E-state index in [9.17, 15) is 8.42 Å². The molecule has 7 nitrogen and oxygen atoms in total. The minimum atomic E-state index is -3.65. The van der Waals surface area contributed by atoms with Crippen molar-refractivity contribution < 1.29 is 13.2 Å². The van der Waals surface area contributed by atoms with E-state index < -0.39 is 10.0 Å². The molecule has 1 heterocycles. The number of hydrogen-bond acceptors (Lipinski definition) is 5. The molecule has 2 aromatic rings. The Kier molecular flexibility index (Phi) is 4.81. The minimum absolute atomic E-state index is 0.178. The lowest BCUT2D eigenvalue weighted by atomic mass is 10.2. The third-order valence-electron chi connectivity index (χ3n) is 2.88. The molecule has 21 heavy (non-hydrogen) atoms. The van der Waals surface area contributed by atoms with Crippen molar-refractivity contribution in [1.82, 2.24) is 15.5 Å². The molecule has 0 amide bonds. The van der Waals surface area contributed by atoms with Gasteiger partial charge in [-0.1, -0.05) is 6.92 Å². The zero-order valence-corrected chi connectivity index (χ0v) is 12.7. The first kappa shape index (κ1) is 15.3. The third kappa shape index (κ3) is 3.73. The molecule has 0 unspecified atom stereocenters. The van der Waals surface area contributed by atoms with Gasteiger partial charge in [0.05, 0.1) is 23.9 Å². The molecule has 0 aliphatic rings. The first-order chi connectivity index (χ1) is 10.1. The van der Waals surface area contributed by atoms with Crippen molar-refractivity contribution in [3.05, 3.63) is 36.2 Å². The summed E-state index contributed by atoms with van der Waals surface area (Å²) in [5.74, 6) is 0.651. The second-order valence-corrected chi connectivity index (χ2v) is 6.03. The highest BCUT2D eigenvalue weighted by molar-refractivity contribution is 7.92. The van der Waals surface area contributed by atoms with E-state index in [0.29, 0.717) is 18.0 Å². The standard InChI is InChI=1S/C13H18N4O3S/c1-3-14-7-10-6-12(4-5-13(10)20-2)21(18,19)17-11-8-15-16-9-11/h4-6,8-9,14,17H,3,7H2,1-2H3,(H,15,16). The van der Waals surface area contributed by atoms with Crippen LogP contribution in [0, 0.1) is 0 Å². The summed E-state index contributed by atoms with van der Waals surface area (Å²) >= 11 is 0. The Bertz CT molecular complexity index is 683. The summed E-state index contributed by atoms with van der Waals surface area (Å²) in [6.45, 7) is 3.30. The van der Waals surface area contributed by atoms with Crippen molar-refractivity contribution in [3.63, 3.8) is 0 Å². The maximum absolute atomic E-state index is 12.3. The summed E-state index contributed by atoms with van der Waals surface area (Å²) in [5, 5.41) is 9.41. The number of benzene rings is 1. The lowest BCUT2D eigenvalue weighted by Gasteiger charge is -2.12. The predicted molar refractivity (Wildman–Crippen MR) is 79.8 cm³/mol. The van der Waals surface area contributed by atoms with Gasteiger partial charge in [-0.3, -0.25) is 9.82 Å². The zero-order chi connectivity index (χ0) is 15.3. The highest BCUT2D eigenvalue weighted by Crippen LogP contribution is 2.23. The molecular weight excluding hydrogens is 292 g/mol. The van der Waals surface area contributed by atoms with Crippen LogP contribution in [-0.4, -0.2) is 32.3 Å². The molecule has 0 spiro atoms. The van der Waals surface area contributed by atoms with Gasteiger partial charge in [-0.25, -0.2) is 8.42 Å². The molecule has 8 heteroatoms. The number of nitrogens with one attached hydrogen (secondary N) is 3. The number of aromatic nitrogens is 2. The van der Waals surface area contributed by atoms with Crippen LogP contribution in [0.25, 0.3) is 0 Å². The van der Waals surface area contributed by atoms with Crippen LogP contribution in [0.2, 0.25) is 0 Å². The number of anilines is 1. The van der Waals surface area contributed by atoms with Crippen LogP contribution in [0.4, 0.5) is 5.69 Å². The molecule has 0 aliphatic heterocycles. The van der Waals surface area contributed by atoms with E-state index in [4.69, 9.17) is 4.74 Å². The van der Waals surface area contributed by atoms with Crippen LogP contribution in [0.3, 0.4) is 0 Å². The van der Waals surface area contributed by atoms with Gasteiger partial charge in [0.25, 0.3) is 10.0 Å². The van der Waals surface area contributed by atoms with Crippen LogP contribution in [0.1, 0.15) is 12.5 Å². The molecule has 0 saturated heterocycles. The van der Waals surface area contributed by atoms with E-state index in [2.05, 4.69) is 20.2 Å². The van der Waals surface area contributed by atoms with E-state index in [-0.39, 0.29) is 4.90 Å². The lowest BCUT2D eigenvalue weighted by molar-refractivity contribution is 0.407. The number of nitrogens with zero attached hydrogens (tertiary/aromatic N) is 1. The topological polar surface area (TPSA) is 96.1 Å². The van der Waals surface area contributed by atoms with Gasteiger partial charge in [-0.05, 0) is 24.7 Å². The molecule has 1 aromatic carbocycles. The van der Waals surface area contributed by atoms with Gasteiger partial charge < -0.3 is 10.1 Å². The fourth-order valence-corrected chi connectivity index (χ4v) is 2.93. The second-order valence-electron chi connectivity index (χ2n) is 4.35. The first-order valence-corrected chi connectivity index (χ1v) is 7.94. The quantitative estimate of drug-likeness (QED) is 0.717. The van der Waals surface area contributed by atoms with Gasteiger partial charge >= 0.3 is 0 Å². The van der Waals surface area contributed by atoms with Gasteiger partial charge in [0, 0.05) is 18.3 Å². The molecular formula is C13H18N4O3S. The van der Waals surface area contributed by atoms with Gasteiger partial charge in [0.2, 0.25) is 0 Å². The van der Waals surface area contributed by atoms with Gasteiger partial charge in [-0.2, -0.15) is 5.10 Å². The van der Waals surface area contributed by atoms with Crippen LogP contribution in [0.5, 0.6) is 5.75 Å². The number of methoxy groups -OCH3 is 1. The molecule has 3 N–H and O–H groups in total. The number of ether oxygens (including phenoxy) is 1. The number of hydrogen-bond donors (Lipinski definition) is 3. The van der Waals surface area contributed by atoms with E-state index in [1.54, 1.807) is 19.2 Å². The maximum atomic E-state index is 12.3. The Morgan fingerprint density at radius 1 is 1.38 bits per heavy atom. The Morgan fingerprint density at radius 3 is 2.81 bits per heavy atom. The highest BCUT2D eigenvalue weighted by Gasteiger charge is 2.17. The molecule has 0 bridgehead atoms. The summed E-state index contributed by atoms with van der Waals surface area (Å²) in [6.07, 6.45) is 2.88. The second kappa shape index (κ2) is 6.59. The van der Waals surface area contributed by atoms with Gasteiger partial charge in [-0.15, -0.1) is 0 Å². The van der Waals surface area contributed by atoms with Gasteiger partial charge in [0.15, 0.2) is 0 Å². The lowest BCUT2D eigenvalue weighted by Crippen LogP contribution is -2.15. The largest absolute Gasteiger partial charge is 0.496 e. The summed E-state index contributed by atoms with van der Waals surface area (Å²) < 4.78 is 32.3. The zero-order valence-electron chi connectivity index (χ0n) is 11.9. The summed E-state index contributed by atoms with van der Waals surface area (Å²) in [6, 6.07) is 4.76. The average molecular weight is 310 g/mol. The minimum Gasteiger partial charge on any atom is -0.496 e. The monoisotopic (exact) mass is 310 g/mol. The Balaban J connectivity index is 2.30. The number of sulfonamides is 1. The highest BCUT2D eigenvalue weighted by atomic mass is 32.2. The molecule has 114 valence electrons. The maximum Gasteiger partial charge on any atom is 0.262 e. The van der Waals surface area contributed by atoms with Crippen LogP contribution in [-0.2, 0) is 16.6 Å². The van der Waals surface area contributed by atoms with E-state index in [0.717, 1.165) is 12.1 Å². The predicted octanol–water partition coefficient (Wildman–Crippen LogP) is 1.33. The SMILES string of the molecule is CCNCc1cc(S(=O)(=O)Nc2cn[nH]c2)ccc1OC. The summed E-state index contributed by atoms with van der Waals surface area (Å²) in [7, 11) is -2.09. The smallest absolute Gasteiger partial charge is 0.262 e. The van der Waals surface area contributed by atoms with Crippen molar-refractivity contribution in [2.45, 2.75) is 18.4 Å². The molecule has 0 fully saturated rings. The van der Waals surface area contributed by atoms with Crippen molar-refractivity contribution in [3.8, 4) is 5.75 Å². The summed E-state index contributed by atoms with van der Waals surface area (Å²) in [4.78, 5) is 0.178. The number of rotatable bonds is 7. The first-order valence-electron chi connectivity index (χ1n) is 6.46. The van der Waals surface area contributed by atoms with Crippen LogP contribution >= 0.6 is 0 Å². The Hall–Kier alpha value is -2.06. The number of aromatic amines is 1. The fraction of sp³-hybridized carbons (Fsp3) is 0.308. The van der Waals surface area contributed by atoms with Gasteiger partial charge in [0.1, 0.15) is 5.75 Å². The van der Waals surface area contributed by atoms with Crippen molar-refractivity contribution in [2.75, 3.05) is 18.4 Å². The summed E-state index contributed by atoms with van der Waals surface area (Å²) in [5.41, 5.74) is 1.17. The Labute approximate surface area is 123 Å².